The molecule has 0 aliphatic carbocycles. The van der Waals surface area contributed by atoms with E-state index in [1.165, 1.54) is 0 Å². The first-order valence-corrected chi connectivity index (χ1v) is 7.50. The molecule has 5 heteroatoms. The first kappa shape index (κ1) is 15.6. The molecule has 0 aliphatic rings. The number of aryl methyl sites for hydroxylation is 1. The number of primary amides is 1. The summed E-state index contributed by atoms with van der Waals surface area (Å²) >= 11 is 0. The molecule has 0 spiro atoms. The number of nitrogens with two attached hydrogens (primary N) is 1. The third-order valence-corrected chi connectivity index (χ3v) is 3.79. The Hall–Kier alpha value is -3.34. The molecule has 1 heterocycles. The molecule has 3 rings (SSSR count). The van der Waals surface area contributed by atoms with E-state index >= 15 is 0 Å². The highest BCUT2D eigenvalue weighted by Crippen LogP contribution is 2.19. The van der Waals surface area contributed by atoms with Crippen LogP contribution >= 0.6 is 0 Å². The van der Waals surface area contributed by atoms with Crippen LogP contribution in [0, 0.1) is 6.92 Å². The lowest BCUT2D eigenvalue weighted by molar-refractivity contribution is 0.100. The summed E-state index contributed by atoms with van der Waals surface area (Å²) in [6, 6.07) is 16.0. The van der Waals surface area contributed by atoms with Gasteiger partial charge in [0.1, 0.15) is 0 Å². The number of anilines is 1. The zero-order valence-electron chi connectivity index (χ0n) is 13.2. The van der Waals surface area contributed by atoms with Crippen molar-refractivity contribution in [2.24, 2.45) is 5.73 Å². The van der Waals surface area contributed by atoms with Gasteiger partial charge in [-0.3, -0.25) is 9.59 Å². The molecule has 0 aliphatic heterocycles. The fourth-order valence-corrected chi connectivity index (χ4v) is 2.53. The summed E-state index contributed by atoms with van der Waals surface area (Å²) in [5.41, 5.74) is 8.51. The average molecular weight is 319 g/mol. The van der Waals surface area contributed by atoms with Crippen LogP contribution in [-0.2, 0) is 0 Å². The summed E-state index contributed by atoms with van der Waals surface area (Å²) in [4.78, 5) is 24.0. The number of nitrogens with one attached hydrogen (secondary N) is 1. The fourth-order valence-electron chi connectivity index (χ4n) is 2.53. The zero-order chi connectivity index (χ0) is 17.1. The second-order valence-corrected chi connectivity index (χ2v) is 5.46. The molecule has 0 saturated carbocycles. The van der Waals surface area contributed by atoms with Crippen molar-refractivity contribution >= 4 is 17.5 Å². The highest BCUT2D eigenvalue weighted by molar-refractivity contribution is 6.08. The molecule has 2 aromatic carbocycles. The summed E-state index contributed by atoms with van der Waals surface area (Å²) in [6.45, 7) is 1.99. The van der Waals surface area contributed by atoms with Crippen molar-refractivity contribution in [2.45, 2.75) is 6.92 Å². The number of rotatable bonds is 4. The van der Waals surface area contributed by atoms with Gasteiger partial charge in [-0.15, -0.1) is 0 Å². The summed E-state index contributed by atoms with van der Waals surface area (Å²) in [5, 5.41) is 2.75. The van der Waals surface area contributed by atoms with Gasteiger partial charge in [0.05, 0.1) is 11.3 Å². The van der Waals surface area contributed by atoms with E-state index in [0.717, 1.165) is 11.3 Å². The molecule has 0 unspecified atom stereocenters. The van der Waals surface area contributed by atoms with Crippen molar-refractivity contribution in [1.82, 2.24) is 4.57 Å². The lowest BCUT2D eigenvalue weighted by atomic mass is 10.1. The predicted octanol–water partition coefficient (Wildman–Crippen LogP) is 3.14. The van der Waals surface area contributed by atoms with Gasteiger partial charge in [-0.05, 0) is 48.9 Å². The second-order valence-electron chi connectivity index (χ2n) is 5.46. The van der Waals surface area contributed by atoms with Crippen molar-refractivity contribution < 1.29 is 9.59 Å². The number of amides is 2. The SMILES string of the molecule is Cc1ccc(C(=O)Nc2ccccc2C(N)=O)cc1-n1cccc1. The van der Waals surface area contributed by atoms with E-state index in [-0.39, 0.29) is 11.5 Å². The van der Waals surface area contributed by atoms with Gasteiger partial charge >= 0.3 is 0 Å². The van der Waals surface area contributed by atoms with Crippen LogP contribution in [0.1, 0.15) is 26.3 Å². The monoisotopic (exact) mass is 319 g/mol. The number of benzene rings is 2. The Morgan fingerprint density at radius 1 is 1.00 bits per heavy atom. The molecule has 0 bridgehead atoms. The standard InChI is InChI=1S/C19H17N3O2/c1-13-8-9-14(12-17(13)22-10-4-5-11-22)19(24)21-16-7-3-2-6-15(16)18(20)23/h2-12H,1H3,(H2,20,23)(H,21,24). The maximum atomic E-state index is 12.5. The van der Waals surface area contributed by atoms with E-state index in [1.807, 2.05) is 48.1 Å². The molecule has 0 atom stereocenters. The molecule has 1 aromatic heterocycles. The van der Waals surface area contributed by atoms with Gasteiger partial charge < -0.3 is 15.6 Å². The molecular weight excluding hydrogens is 302 g/mol. The van der Waals surface area contributed by atoms with Crippen LogP contribution < -0.4 is 11.1 Å². The van der Waals surface area contributed by atoms with Crippen LogP contribution in [0.4, 0.5) is 5.69 Å². The molecule has 24 heavy (non-hydrogen) atoms. The van der Waals surface area contributed by atoms with E-state index in [9.17, 15) is 9.59 Å². The Labute approximate surface area is 139 Å². The van der Waals surface area contributed by atoms with Crippen LogP contribution in [0.2, 0.25) is 0 Å². The smallest absolute Gasteiger partial charge is 0.255 e. The second kappa shape index (κ2) is 6.42. The quantitative estimate of drug-likeness (QED) is 0.775. The van der Waals surface area contributed by atoms with Crippen LogP contribution in [0.3, 0.4) is 0 Å². The lowest BCUT2D eigenvalue weighted by Gasteiger charge is -2.12. The third kappa shape index (κ3) is 3.05. The van der Waals surface area contributed by atoms with Crippen molar-refractivity contribution in [3.63, 3.8) is 0 Å². The maximum Gasteiger partial charge on any atom is 0.255 e. The summed E-state index contributed by atoms with van der Waals surface area (Å²) in [7, 11) is 0. The zero-order valence-corrected chi connectivity index (χ0v) is 13.2. The minimum atomic E-state index is -0.581. The normalized spacial score (nSPS) is 10.4. The van der Waals surface area contributed by atoms with Gasteiger partial charge in [0.2, 0.25) is 0 Å². The highest BCUT2D eigenvalue weighted by atomic mass is 16.2. The number of nitrogens with zero attached hydrogens (tertiary/aromatic N) is 1. The Morgan fingerprint density at radius 2 is 1.71 bits per heavy atom. The number of hydrogen-bond donors (Lipinski definition) is 2. The topological polar surface area (TPSA) is 77.1 Å². The van der Waals surface area contributed by atoms with Crippen molar-refractivity contribution in [3.8, 4) is 5.69 Å². The average Bonchev–Trinajstić information content (AvgIpc) is 3.09. The van der Waals surface area contributed by atoms with E-state index in [4.69, 9.17) is 5.73 Å². The number of hydrogen-bond acceptors (Lipinski definition) is 2. The van der Waals surface area contributed by atoms with E-state index in [0.29, 0.717) is 11.3 Å². The molecule has 5 nitrogen and oxygen atoms in total. The van der Waals surface area contributed by atoms with Gasteiger partial charge in [0.25, 0.3) is 11.8 Å². The Kier molecular flexibility index (Phi) is 4.16. The Balaban J connectivity index is 1.92. The minimum absolute atomic E-state index is 0.281. The predicted molar refractivity (Wildman–Crippen MR) is 93.4 cm³/mol. The first-order chi connectivity index (χ1) is 11.6. The van der Waals surface area contributed by atoms with E-state index < -0.39 is 5.91 Å². The van der Waals surface area contributed by atoms with E-state index in [1.54, 1.807) is 30.3 Å². The number of para-hydroxylation sites is 1. The lowest BCUT2D eigenvalue weighted by Crippen LogP contribution is -2.18. The maximum absolute atomic E-state index is 12.5. The Bertz CT molecular complexity index is 899. The van der Waals surface area contributed by atoms with E-state index in [2.05, 4.69) is 5.32 Å². The molecule has 3 aromatic rings. The van der Waals surface area contributed by atoms with Crippen molar-refractivity contribution in [3.05, 3.63) is 83.7 Å². The van der Waals surface area contributed by atoms with Crippen LogP contribution in [-0.4, -0.2) is 16.4 Å². The van der Waals surface area contributed by atoms with Gasteiger partial charge in [0.15, 0.2) is 0 Å². The number of carbonyl (C=O) groups excluding carboxylic acids is 2. The van der Waals surface area contributed by atoms with Gasteiger partial charge in [-0.25, -0.2) is 0 Å². The third-order valence-electron chi connectivity index (χ3n) is 3.79. The molecule has 120 valence electrons. The molecule has 3 N–H and O–H groups in total. The van der Waals surface area contributed by atoms with Crippen LogP contribution in [0.5, 0.6) is 0 Å². The molecule has 0 saturated heterocycles. The van der Waals surface area contributed by atoms with Gasteiger partial charge in [-0.1, -0.05) is 18.2 Å². The van der Waals surface area contributed by atoms with Crippen molar-refractivity contribution in [2.75, 3.05) is 5.32 Å². The Morgan fingerprint density at radius 3 is 2.42 bits per heavy atom. The summed E-state index contributed by atoms with van der Waals surface area (Å²) in [5.74, 6) is -0.875. The molecule has 0 fully saturated rings. The first-order valence-electron chi connectivity index (χ1n) is 7.50. The van der Waals surface area contributed by atoms with Crippen LogP contribution in [0.15, 0.2) is 67.0 Å². The number of carbonyl (C=O) groups is 2. The van der Waals surface area contributed by atoms with Crippen LogP contribution in [0.25, 0.3) is 5.69 Å². The minimum Gasteiger partial charge on any atom is -0.366 e. The fraction of sp³-hybridized carbons (Fsp3) is 0.0526. The van der Waals surface area contributed by atoms with Gasteiger partial charge in [0, 0.05) is 23.6 Å². The number of aromatic nitrogens is 1. The van der Waals surface area contributed by atoms with Gasteiger partial charge in [-0.2, -0.15) is 0 Å². The highest BCUT2D eigenvalue weighted by Gasteiger charge is 2.13. The largest absolute Gasteiger partial charge is 0.366 e. The molecule has 0 radical (unpaired) electrons. The molecular formula is C19H17N3O2. The summed E-state index contributed by atoms with van der Waals surface area (Å²) in [6.07, 6.45) is 3.85. The van der Waals surface area contributed by atoms with Crippen molar-refractivity contribution in [1.29, 1.82) is 0 Å². The summed E-state index contributed by atoms with van der Waals surface area (Å²) < 4.78 is 1.95. The molecule has 2 amide bonds.